The largest absolute Gasteiger partial charge is 0.323 e. The van der Waals surface area contributed by atoms with Crippen molar-refractivity contribution in [3.05, 3.63) is 53.2 Å². The Kier molecular flexibility index (Phi) is 4.32. The average molecular weight is 290 g/mol. The molecule has 2 N–H and O–H groups in total. The Morgan fingerprint density at radius 3 is 2.50 bits per heavy atom. The van der Waals surface area contributed by atoms with E-state index in [-0.39, 0.29) is 17.6 Å². The van der Waals surface area contributed by atoms with E-state index in [0.717, 1.165) is 0 Å². The van der Waals surface area contributed by atoms with Gasteiger partial charge in [0, 0.05) is 18.7 Å². The molecule has 20 heavy (non-hydrogen) atoms. The molecule has 5 nitrogen and oxygen atoms in total. The summed E-state index contributed by atoms with van der Waals surface area (Å²) in [5.74, 6) is -0.338. The summed E-state index contributed by atoms with van der Waals surface area (Å²) in [6, 6.07) is 10.2. The van der Waals surface area contributed by atoms with Crippen molar-refractivity contribution in [1.82, 2.24) is 4.98 Å². The quantitative estimate of drug-likeness (QED) is 0.912. The van der Waals surface area contributed by atoms with E-state index in [1.54, 1.807) is 24.3 Å². The minimum absolute atomic E-state index is 0.249. The first-order valence-corrected chi connectivity index (χ1v) is 6.23. The van der Waals surface area contributed by atoms with Crippen LogP contribution in [-0.2, 0) is 4.79 Å². The molecule has 0 unspecified atom stereocenters. The highest BCUT2D eigenvalue weighted by Crippen LogP contribution is 2.23. The fraction of sp³-hybridized carbons (Fsp3) is 0.0714. The molecule has 2 amide bonds. The zero-order chi connectivity index (χ0) is 14.5. The summed E-state index contributed by atoms with van der Waals surface area (Å²) in [4.78, 5) is 27.2. The van der Waals surface area contributed by atoms with Crippen LogP contribution >= 0.6 is 11.6 Å². The van der Waals surface area contributed by atoms with E-state index in [0.29, 0.717) is 16.3 Å². The molecule has 1 aromatic carbocycles. The number of aromatic nitrogens is 1. The van der Waals surface area contributed by atoms with Gasteiger partial charge >= 0.3 is 0 Å². The topological polar surface area (TPSA) is 71.1 Å². The number of carbonyl (C=O) groups excluding carboxylic acids is 2. The van der Waals surface area contributed by atoms with E-state index in [2.05, 4.69) is 15.6 Å². The second-order valence-corrected chi connectivity index (χ2v) is 4.49. The van der Waals surface area contributed by atoms with Crippen LogP contribution < -0.4 is 10.6 Å². The summed E-state index contributed by atoms with van der Waals surface area (Å²) in [5.41, 5.74) is 0.854. The van der Waals surface area contributed by atoms with E-state index in [1.807, 2.05) is 6.07 Å². The molecular weight excluding hydrogens is 278 g/mol. The monoisotopic (exact) mass is 289 g/mol. The standard InChI is InChI=1S/C14H12ClN3O2/c1-9(19)17-12-7-11(15)8-16-13(12)18-14(20)10-5-3-2-4-6-10/h2-8H,1H3,(H,17,19)(H,16,18,20). The van der Waals surface area contributed by atoms with E-state index in [4.69, 9.17) is 11.6 Å². The molecule has 0 aliphatic carbocycles. The number of hydrogen-bond donors (Lipinski definition) is 2. The lowest BCUT2D eigenvalue weighted by Gasteiger charge is -2.10. The summed E-state index contributed by atoms with van der Waals surface area (Å²) in [7, 11) is 0. The Balaban J connectivity index is 2.25. The maximum Gasteiger partial charge on any atom is 0.256 e. The average Bonchev–Trinajstić information content (AvgIpc) is 2.42. The van der Waals surface area contributed by atoms with Crippen LogP contribution in [0, 0.1) is 0 Å². The number of carbonyl (C=O) groups is 2. The van der Waals surface area contributed by atoms with Gasteiger partial charge in [0.15, 0.2) is 5.82 Å². The lowest BCUT2D eigenvalue weighted by molar-refractivity contribution is -0.114. The van der Waals surface area contributed by atoms with Gasteiger partial charge in [-0.3, -0.25) is 9.59 Å². The van der Waals surface area contributed by atoms with Crippen LogP contribution in [0.3, 0.4) is 0 Å². The Bertz CT molecular complexity index is 644. The fourth-order valence-electron chi connectivity index (χ4n) is 1.59. The summed E-state index contributed by atoms with van der Waals surface area (Å²) >= 11 is 5.83. The van der Waals surface area contributed by atoms with Gasteiger partial charge in [0.25, 0.3) is 5.91 Å². The van der Waals surface area contributed by atoms with Crippen molar-refractivity contribution in [3.8, 4) is 0 Å². The molecule has 6 heteroatoms. The SMILES string of the molecule is CC(=O)Nc1cc(Cl)cnc1NC(=O)c1ccccc1. The second kappa shape index (κ2) is 6.16. The van der Waals surface area contributed by atoms with Gasteiger partial charge in [0.2, 0.25) is 5.91 Å². The molecule has 0 fully saturated rings. The Hall–Kier alpha value is -2.40. The van der Waals surface area contributed by atoms with Gasteiger partial charge in [-0.1, -0.05) is 29.8 Å². The highest BCUT2D eigenvalue weighted by Gasteiger charge is 2.11. The first kappa shape index (κ1) is 14.0. The third kappa shape index (κ3) is 3.55. The predicted octanol–water partition coefficient (Wildman–Crippen LogP) is 2.95. The van der Waals surface area contributed by atoms with Crippen LogP contribution in [0.1, 0.15) is 17.3 Å². The highest BCUT2D eigenvalue weighted by molar-refractivity contribution is 6.31. The molecule has 0 bridgehead atoms. The summed E-state index contributed by atoms with van der Waals surface area (Å²) in [5, 5.41) is 5.57. The van der Waals surface area contributed by atoms with Gasteiger partial charge in [0.1, 0.15) is 0 Å². The zero-order valence-electron chi connectivity index (χ0n) is 10.7. The lowest BCUT2D eigenvalue weighted by atomic mass is 10.2. The van der Waals surface area contributed by atoms with Gasteiger partial charge in [-0.15, -0.1) is 0 Å². The summed E-state index contributed by atoms with van der Waals surface area (Å²) < 4.78 is 0. The third-order valence-corrected chi connectivity index (χ3v) is 2.64. The maximum absolute atomic E-state index is 12.0. The molecular formula is C14H12ClN3O2. The Morgan fingerprint density at radius 2 is 1.85 bits per heavy atom. The van der Waals surface area contributed by atoms with Crippen LogP contribution in [0.2, 0.25) is 5.02 Å². The van der Waals surface area contributed by atoms with Crippen LogP contribution in [0.25, 0.3) is 0 Å². The van der Waals surface area contributed by atoms with Crippen LogP contribution in [0.4, 0.5) is 11.5 Å². The minimum atomic E-state index is -0.313. The number of amides is 2. The van der Waals surface area contributed by atoms with Crippen LogP contribution in [0.15, 0.2) is 42.6 Å². The molecule has 0 saturated heterocycles. The van der Waals surface area contributed by atoms with Crippen molar-refractivity contribution in [2.75, 3.05) is 10.6 Å². The number of rotatable bonds is 3. The predicted molar refractivity (Wildman–Crippen MR) is 77.9 cm³/mol. The number of hydrogen-bond acceptors (Lipinski definition) is 3. The lowest BCUT2D eigenvalue weighted by Crippen LogP contribution is -2.16. The molecule has 2 aromatic rings. The van der Waals surface area contributed by atoms with Crippen LogP contribution in [-0.4, -0.2) is 16.8 Å². The molecule has 0 aliphatic rings. The van der Waals surface area contributed by atoms with Gasteiger partial charge in [-0.25, -0.2) is 4.98 Å². The number of halogens is 1. The molecule has 102 valence electrons. The number of benzene rings is 1. The molecule has 2 rings (SSSR count). The molecule has 0 atom stereocenters. The molecule has 0 aliphatic heterocycles. The van der Waals surface area contributed by atoms with Crippen molar-refractivity contribution >= 4 is 34.9 Å². The zero-order valence-corrected chi connectivity index (χ0v) is 11.4. The normalized spacial score (nSPS) is 9.90. The van der Waals surface area contributed by atoms with Crippen LogP contribution in [0.5, 0.6) is 0 Å². The first-order valence-electron chi connectivity index (χ1n) is 5.86. The number of pyridine rings is 1. The van der Waals surface area contributed by atoms with Crippen molar-refractivity contribution in [2.45, 2.75) is 6.92 Å². The highest BCUT2D eigenvalue weighted by atomic mass is 35.5. The van der Waals surface area contributed by atoms with E-state index >= 15 is 0 Å². The molecule has 0 spiro atoms. The van der Waals surface area contributed by atoms with Gasteiger partial charge in [-0.05, 0) is 18.2 Å². The minimum Gasteiger partial charge on any atom is -0.323 e. The number of nitrogens with zero attached hydrogens (tertiary/aromatic N) is 1. The second-order valence-electron chi connectivity index (χ2n) is 4.05. The fourth-order valence-corrected chi connectivity index (χ4v) is 1.75. The third-order valence-electron chi connectivity index (χ3n) is 2.43. The van der Waals surface area contributed by atoms with Crippen molar-refractivity contribution in [3.63, 3.8) is 0 Å². The van der Waals surface area contributed by atoms with E-state index in [9.17, 15) is 9.59 Å². The number of nitrogens with one attached hydrogen (secondary N) is 2. The van der Waals surface area contributed by atoms with Crippen molar-refractivity contribution in [2.24, 2.45) is 0 Å². The molecule has 0 radical (unpaired) electrons. The van der Waals surface area contributed by atoms with Gasteiger partial charge in [-0.2, -0.15) is 0 Å². The smallest absolute Gasteiger partial charge is 0.256 e. The van der Waals surface area contributed by atoms with Crippen molar-refractivity contribution < 1.29 is 9.59 Å². The molecule has 1 aromatic heterocycles. The number of anilines is 2. The molecule has 1 heterocycles. The van der Waals surface area contributed by atoms with Gasteiger partial charge < -0.3 is 10.6 Å². The maximum atomic E-state index is 12.0. The van der Waals surface area contributed by atoms with E-state index < -0.39 is 0 Å². The Labute approximate surface area is 121 Å². The van der Waals surface area contributed by atoms with Gasteiger partial charge in [0.05, 0.1) is 10.7 Å². The summed E-state index contributed by atoms with van der Waals surface area (Å²) in [6.07, 6.45) is 1.40. The van der Waals surface area contributed by atoms with Crippen molar-refractivity contribution in [1.29, 1.82) is 0 Å². The summed E-state index contributed by atoms with van der Waals surface area (Å²) in [6.45, 7) is 1.36. The molecule has 0 saturated carbocycles. The first-order chi connectivity index (χ1) is 9.56. The van der Waals surface area contributed by atoms with E-state index in [1.165, 1.54) is 19.2 Å². The Morgan fingerprint density at radius 1 is 1.15 bits per heavy atom.